The molecule has 0 aliphatic heterocycles. The van der Waals surface area contributed by atoms with Crippen LogP contribution in [0.2, 0.25) is 0 Å². The average Bonchev–Trinajstić information content (AvgIpc) is 2.88. The Balaban J connectivity index is 1.85. The zero-order valence-electron chi connectivity index (χ0n) is 17.1. The van der Waals surface area contributed by atoms with Crippen LogP contribution in [0.3, 0.4) is 0 Å². The number of benzene rings is 4. The van der Waals surface area contributed by atoms with Crippen LogP contribution >= 0.6 is 8.53 Å². The summed E-state index contributed by atoms with van der Waals surface area (Å²) in [6.07, 6.45) is 0. The molecule has 18 heteroatoms. The molecular weight excluding hydrogens is 583 g/mol. The molecule has 3 nitrogen and oxygen atoms in total. The maximum Gasteiger partial charge on any atom is 0.379 e. The highest BCUT2D eigenvalue weighted by Crippen LogP contribution is 2.45. The Morgan fingerprint density at radius 3 is 0.789 bits per heavy atom. The van der Waals surface area contributed by atoms with Gasteiger partial charge in [-0.25, -0.2) is 58.2 Å². The van der Waals surface area contributed by atoms with Crippen LogP contribution < -0.4 is 14.6 Å². The second kappa shape index (κ2) is 9.31. The first-order valence-corrected chi connectivity index (χ1v) is 10.4. The minimum Gasteiger partial charge on any atom is -0.421 e. The molecule has 4 aromatic carbocycles. The standard InChI is InChI=1S/C20H2F14NO2P/c21-5-1-3(7(23)15(31)13(5)29)11(27)19(17(33)9(1)25)36-38(35)37-20-12(28)4-2(10(26)18(20)34)6(22)14(30)16(32)8(4)24/h35H2. The van der Waals surface area contributed by atoms with E-state index in [4.69, 9.17) is 5.50 Å². The topological polar surface area (TPSA) is 44.5 Å². The van der Waals surface area contributed by atoms with Crippen LogP contribution in [0, 0.1) is 81.4 Å². The van der Waals surface area contributed by atoms with Crippen molar-refractivity contribution < 1.29 is 70.5 Å². The Hall–Kier alpha value is -3.59. The fourth-order valence-corrected chi connectivity index (χ4v) is 4.00. The Morgan fingerprint density at radius 1 is 0.316 bits per heavy atom. The zero-order valence-corrected chi connectivity index (χ0v) is 18.0. The van der Waals surface area contributed by atoms with Crippen LogP contribution in [0.4, 0.5) is 61.5 Å². The molecule has 0 spiro atoms. The fourth-order valence-electron chi connectivity index (χ4n) is 3.29. The molecule has 0 atom stereocenters. The third-order valence-electron chi connectivity index (χ3n) is 4.96. The summed E-state index contributed by atoms with van der Waals surface area (Å²) in [5.74, 6) is -40.3. The van der Waals surface area contributed by atoms with E-state index in [1.54, 1.807) is 0 Å². The minimum absolute atomic E-state index is 2.04. The van der Waals surface area contributed by atoms with Crippen molar-refractivity contribution in [3.63, 3.8) is 0 Å². The summed E-state index contributed by atoms with van der Waals surface area (Å²) < 4.78 is 205. The molecule has 0 saturated heterocycles. The van der Waals surface area contributed by atoms with Crippen LogP contribution in [0.1, 0.15) is 0 Å². The van der Waals surface area contributed by atoms with Gasteiger partial charge in [-0.3, -0.25) is 0 Å². The normalized spacial score (nSPS) is 11.8. The van der Waals surface area contributed by atoms with Gasteiger partial charge in [0.05, 0.1) is 21.5 Å². The van der Waals surface area contributed by atoms with Gasteiger partial charge in [-0.1, -0.05) is 0 Å². The summed E-state index contributed by atoms with van der Waals surface area (Å²) in [5, 5.41) is -8.18. The third-order valence-corrected chi connectivity index (χ3v) is 5.68. The van der Waals surface area contributed by atoms with Crippen molar-refractivity contribution >= 4 is 30.1 Å². The van der Waals surface area contributed by atoms with E-state index in [-0.39, 0.29) is 0 Å². The second-order valence-electron chi connectivity index (χ2n) is 7.02. The zero-order chi connectivity index (χ0) is 28.5. The number of rotatable bonds is 4. The molecular formula is C20H2F14NO2P. The van der Waals surface area contributed by atoms with Crippen LogP contribution in [-0.4, -0.2) is 0 Å². The quantitative estimate of drug-likeness (QED) is 0.116. The lowest BCUT2D eigenvalue weighted by Crippen LogP contribution is -2.12. The highest BCUT2D eigenvalue weighted by Gasteiger charge is 2.35. The smallest absolute Gasteiger partial charge is 0.379 e. The van der Waals surface area contributed by atoms with E-state index in [9.17, 15) is 61.5 Å². The summed E-state index contributed by atoms with van der Waals surface area (Å²) in [5.41, 5.74) is 5.15. The molecule has 0 radical (unpaired) electrons. The molecule has 0 unspecified atom stereocenters. The lowest BCUT2D eigenvalue weighted by Gasteiger charge is -2.18. The molecule has 0 fully saturated rings. The van der Waals surface area contributed by atoms with Crippen molar-refractivity contribution in [3.8, 4) is 11.5 Å². The minimum atomic E-state index is -3.76. The first kappa shape index (κ1) is 27.4. The van der Waals surface area contributed by atoms with E-state index in [0.29, 0.717) is 0 Å². The van der Waals surface area contributed by atoms with Gasteiger partial charge in [0.15, 0.2) is 69.8 Å². The molecule has 0 heterocycles. The molecule has 38 heavy (non-hydrogen) atoms. The molecule has 202 valence electrons. The van der Waals surface area contributed by atoms with Crippen molar-refractivity contribution in [2.24, 2.45) is 5.50 Å². The average molecular weight is 585 g/mol. The van der Waals surface area contributed by atoms with Crippen molar-refractivity contribution in [1.82, 2.24) is 0 Å². The van der Waals surface area contributed by atoms with E-state index in [2.05, 4.69) is 9.05 Å². The first-order chi connectivity index (χ1) is 17.6. The predicted molar refractivity (Wildman–Crippen MR) is 99.7 cm³/mol. The van der Waals surface area contributed by atoms with Gasteiger partial charge in [-0.05, 0) is 0 Å². The van der Waals surface area contributed by atoms with Crippen molar-refractivity contribution in [1.29, 1.82) is 0 Å². The van der Waals surface area contributed by atoms with Gasteiger partial charge in [0.2, 0.25) is 23.1 Å². The van der Waals surface area contributed by atoms with E-state index in [1.807, 2.05) is 0 Å². The van der Waals surface area contributed by atoms with Gasteiger partial charge < -0.3 is 9.05 Å². The molecule has 4 aromatic rings. The van der Waals surface area contributed by atoms with Crippen LogP contribution in [0.15, 0.2) is 0 Å². The van der Waals surface area contributed by atoms with Crippen molar-refractivity contribution in [2.45, 2.75) is 0 Å². The fraction of sp³-hybridized carbons (Fsp3) is 0. The largest absolute Gasteiger partial charge is 0.421 e. The molecule has 0 bridgehead atoms. The number of fused-ring (bicyclic) bond motifs is 2. The number of nitrogens with two attached hydrogens (primary N) is 1. The lowest BCUT2D eigenvalue weighted by molar-refractivity contribution is 0.384. The summed E-state index contributed by atoms with van der Waals surface area (Å²) in [6.45, 7) is 0. The molecule has 0 aromatic heterocycles. The van der Waals surface area contributed by atoms with Gasteiger partial charge >= 0.3 is 8.53 Å². The Bertz CT molecular complexity index is 1570. The lowest BCUT2D eigenvalue weighted by atomic mass is 10.1. The van der Waals surface area contributed by atoms with Crippen LogP contribution in [-0.2, 0) is 0 Å². The second-order valence-corrected chi connectivity index (χ2v) is 7.96. The van der Waals surface area contributed by atoms with E-state index in [0.717, 1.165) is 0 Å². The molecule has 0 saturated carbocycles. The Kier molecular flexibility index (Phi) is 6.72. The summed E-state index contributed by atoms with van der Waals surface area (Å²) >= 11 is 0. The third kappa shape index (κ3) is 3.74. The molecule has 0 amide bonds. The predicted octanol–water partition coefficient (Wildman–Crippen LogP) is 7.58. The first-order valence-electron chi connectivity index (χ1n) is 9.18. The monoisotopic (exact) mass is 585 g/mol. The van der Waals surface area contributed by atoms with Gasteiger partial charge in [0, 0.05) is 0 Å². The maximum atomic E-state index is 14.7. The molecule has 0 aliphatic rings. The van der Waals surface area contributed by atoms with Gasteiger partial charge in [-0.2, -0.15) is 8.78 Å². The highest BCUT2D eigenvalue weighted by molar-refractivity contribution is 7.45. The number of halogens is 14. The summed E-state index contributed by atoms with van der Waals surface area (Å²) in [6, 6.07) is 0. The van der Waals surface area contributed by atoms with Crippen LogP contribution in [0.25, 0.3) is 21.5 Å². The van der Waals surface area contributed by atoms with E-state index >= 15 is 0 Å². The SMILES string of the molecule is NP(Oc1c(F)c(F)c2c(F)c(F)c(F)c(F)c2c1F)Oc1c(F)c(F)c2c(F)c(F)c(F)c(F)c2c1F. The summed E-state index contributed by atoms with van der Waals surface area (Å²) in [4.78, 5) is 0. The van der Waals surface area contributed by atoms with Gasteiger partial charge in [0.25, 0.3) is 0 Å². The van der Waals surface area contributed by atoms with Gasteiger partial charge in [-0.15, -0.1) is 0 Å². The summed E-state index contributed by atoms with van der Waals surface area (Å²) in [7, 11) is -3.76. The highest BCUT2D eigenvalue weighted by atomic mass is 31.2. The van der Waals surface area contributed by atoms with Crippen molar-refractivity contribution in [3.05, 3.63) is 81.4 Å². The molecule has 4 rings (SSSR count). The van der Waals surface area contributed by atoms with Gasteiger partial charge in [0.1, 0.15) is 0 Å². The number of hydrogen-bond acceptors (Lipinski definition) is 3. The van der Waals surface area contributed by atoms with E-state index < -0.39 is 123 Å². The Labute approximate surface area is 199 Å². The van der Waals surface area contributed by atoms with Crippen molar-refractivity contribution in [2.75, 3.05) is 0 Å². The molecule has 2 N–H and O–H groups in total. The maximum absolute atomic E-state index is 14.7. The molecule has 0 aliphatic carbocycles. The Morgan fingerprint density at radius 2 is 0.526 bits per heavy atom. The number of hydrogen-bond donors (Lipinski definition) is 1. The van der Waals surface area contributed by atoms with Crippen LogP contribution in [0.5, 0.6) is 11.5 Å². The van der Waals surface area contributed by atoms with E-state index in [1.165, 1.54) is 0 Å².